The first-order valence-electron chi connectivity index (χ1n) is 5.59. The number of fused-ring (bicyclic) bond motifs is 1. The van der Waals surface area contributed by atoms with Gasteiger partial charge in [-0.3, -0.25) is 4.98 Å². The molecular formula is C13H13ClN2. The van der Waals surface area contributed by atoms with Gasteiger partial charge in [0.1, 0.15) is 0 Å². The van der Waals surface area contributed by atoms with E-state index in [2.05, 4.69) is 16.4 Å². The molecule has 1 aromatic carbocycles. The van der Waals surface area contributed by atoms with Gasteiger partial charge in [0.05, 0.1) is 5.52 Å². The second-order valence-corrected chi connectivity index (χ2v) is 4.73. The Morgan fingerprint density at radius 3 is 3.06 bits per heavy atom. The van der Waals surface area contributed by atoms with Gasteiger partial charge in [0, 0.05) is 29.2 Å². The van der Waals surface area contributed by atoms with E-state index >= 15 is 0 Å². The van der Waals surface area contributed by atoms with Gasteiger partial charge in [0.2, 0.25) is 0 Å². The van der Waals surface area contributed by atoms with Crippen molar-refractivity contribution in [2.75, 3.05) is 0 Å². The lowest BCUT2D eigenvalue weighted by molar-refractivity contribution is 0.690. The van der Waals surface area contributed by atoms with E-state index in [0.29, 0.717) is 6.04 Å². The number of hydrogen-bond acceptors (Lipinski definition) is 2. The summed E-state index contributed by atoms with van der Waals surface area (Å²) < 4.78 is 0. The second-order valence-electron chi connectivity index (χ2n) is 4.30. The van der Waals surface area contributed by atoms with Crippen LogP contribution in [0.4, 0.5) is 0 Å². The minimum atomic E-state index is 0.706. The minimum Gasteiger partial charge on any atom is -0.310 e. The summed E-state index contributed by atoms with van der Waals surface area (Å²) in [5.41, 5.74) is 2.25. The highest BCUT2D eigenvalue weighted by molar-refractivity contribution is 6.31. The van der Waals surface area contributed by atoms with Crippen molar-refractivity contribution >= 4 is 22.5 Å². The van der Waals surface area contributed by atoms with Gasteiger partial charge in [0.25, 0.3) is 0 Å². The molecular weight excluding hydrogens is 220 g/mol. The van der Waals surface area contributed by atoms with E-state index in [-0.39, 0.29) is 0 Å². The summed E-state index contributed by atoms with van der Waals surface area (Å²) in [6.07, 6.45) is 4.43. The van der Waals surface area contributed by atoms with Gasteiger partial charge in [-0.25, -0.2) is 0 Å². The van der Waals surface area contributed by atoms with Gasteiger partial charge in [-0.05, 0) is 36.6 Å². The molecule has 1 fully saturated rings. The van der Waals surface area contributed by atoms with Gasteiger partial charge in [-0.2, -0.15) is 0 Å². The Morgan fingerprint density at radius 1 is 1.38 bits per heavy atom. The Balaban J connectivity index is 1.99. The lowest BCUT2D eigenvalue weighted by Crippen LogP contribution is -2.15. The Hall–Kier alpha value is -1.12. The van der Waals surface area contributed by atoms with Gasteiger partial charge >= 0.3 is 0 Å². The topological polar surface area (TPSA) is 24.9 Å². The van der Waals surface area contributed by atoms with Crippen LogP contribution in [0.5, 0.6) is 0 Å². The molecule has 0 bridgehead atoms. The number of hydrogen-bond donors (Lipinski definition) is 1. The average molecular weight is 233 g/mol. The first-order valence-corrected chi connectivity index (χ1v) is 5.97. The number of halogens is 1. The van der Waals surface area contributed by atoms with Gasteiger partial charge in [0.15, 0.2) is 0 Å². The summed E-state index contributed by atoms with van der Waals surface area (Å²) in [7, 11) is 0. The average Bonchev–Trinajstić information content (AvgIpc) is 3.09. The van der Waals surface area contributed by atoms with Gasteiger partial charge in [-0.15, -0.1) is 0 Å². The third-order valence-electron chi connectivity index (χ3n) is 2.91. The van der Waals surface area contributed by atoms with Crippen LogP contribution in [0, 0.1) is 0 Å². The van der Waals surface area contributed by atoms with Crippen LogP contribution in [0.2, 0.25) is 5.02 Å². The number of pyridine rings is 1. The summed E-state index contributed by atoms with van der Waals surface area (Å²) in [5.74, 6) is 0. The summed E-state index contributed by atoms with van der Waals surface area (Å²) >= 11 is 6.10. The first kappa shape index (κ1) is 10.1. The molecule has 0 aliphatic heterocycles. The largest absolute Gasteiger partial charge is 0.310 e. The molecule has 1 saturated carbocycles. The molecule has 0 radical (unpaired) electrons. The second kappa shape index (κ2) is 4.04. The molecule has 1 N–H and O–H groups in total. The standard InChI is InChI=1S/C13H13ClN2/c14-11-6-9-2-1-5-15-13(9)10(7-11)8-16-12-3-4-12/h1-2,5-7,12,16H,3-4,8H2. The van der Waals surface area contributed by atoms with Crippen molar-refractivity contribution in [3.05, 3.63) is 41.0 Å². The first-order chi connectivity index (χ1) is 7.83. The molecule has 16 heavy (non-hydrogen) atoms. The van der Waals surface area contributed by atoms with Crippen molar-refractivity contribution in [3.63, 3.8) is 0 Å². The molecule has 0 spiro atoms. The molecule has 3 heteroatoms. The lowest BCUT2D eigenvalue weighted by Gasteiger charge is -2.07. The van der Waals surface area contributed by atoms with Crippen LogP contribution < -0.4 is 5.32 Å². The third-order valence-corrected chi connectivity index (χ3v) is 3.13. The minimum absolute atomic E-state index is 0.706. The fraction of sp³-hybridized carbons (Fsp3) is 0.308. The van der Waals surface area contributed by atoms with E-state index in [1.165, 1.54) is 18.4 Å². The van der Waals surface area contributed by atoms with Crippen molar-refractivity contribution in [2.24, 2.45) is 0 Å². The number of nitrogens with zero attached hydrogens (tertiary/aromatic N) is 1. The van der Waals surface area contributed by atoms with E-state index in [0.717, 1.165) is 22.5 Å². The zero-order valence-corrected chi connectivity index (χ0v) is 9.67. The Bertz CT molecular complexity index is 520. The van der Waals surface area contributed by atoms with E-state index in [1.54, 1.807) is 0 Å². The molecule has 0 saturated heterocycles. The van der Waals surface area contributed by atoms with Crippen LogP contribution in [-0.4, -0.2) is 11.0 Å². The highest BCUT2D eigenvalue weighted by Gasteiger charge is 2.20. The maximum atomic E-state index is 6.10. The Kier molecular flexibility index (Phi) is 2.54. The van der Waals surface area contributed by atoms with Crippen LogP contribution >= 0.6 is 11.6 Å². The van der Waals surface area contributed by atoms with Gasteiger partial charge in [-0.1, -0.05) is 17.7 Å². The SMILES string of the molecule is Clc1cc(CNC2CC2)c2ncccc2c1. The number of nitrogens with one attached hydrogen (secondary N) is 1. The smallest absolute Gasteiger partial charge is 0.0747 e. The lowest BCUT2D eigenvalue weighted by atomic mass is 10.1. The van der Waals surface area contributed by atoms with Crippen molar-refractivity contribution in [2.45, 2.75) is 25.4 Å². The predicted octanol–water partition coefficient (Wildman–Crippen LogP) is 3.14. The van der Waals surface area contributed by atoms with Crippen LogP contribution in [0.3, 0.4) is 0 Å². The molecule has 0 unspecified atom stereocenters. The maximum absolute atomic E-state index is 6.10. The molecule has 0 atom stereocenters. The quantitative estimate of drug-likeness (QED) is 0.880. The van der Waals surface area contributed by atoms with E-state index in [9.17, 15) is 0 Å². The summed E-state index contributed by atoms with van der Waals surface area (Å²) in [4.78, 5) is 4.42. The van der Waals surface area contributed by atoms with Crippen molar-refractivity contribution in [1.82, 2.24) is 10.3 Å². The molecule has 3 rings (SSSR count). The zero-order chi connectivity index (χ0) is 11.0. The van der Waals surface area contributed by atoms with Crippen LogP contribution in [-0.2, 0) is 6.54 Å². The van der Waals surface area contributed by atoms with Crippen LogP contribution in [0.25, 0.3) is 10.9 Å². The number of aromatic nitrogens is 1. The highest BCUT2D eigenvalue weighted by Crippen LogP contribution is 2.24. The van der Waals surface area contributed by atoms with Crippen molar-refractivity contribution < 1.29 is 0 Å². The van der Waals surface area contributed by atoms with E-state index < -0.39 is 0 Å². The number of benzene rings is 1. The Labute approximate surface area is 99.6 Å². The number of rotatable bonds is 3. The van der Waals surface area contributed by atoms with Gasteiger partial charge < -0.3 is 5.32 Å². The molecule has 2 aromatic rings. The monoisotopic (exact) mass is 232 g/mol. The third kappa shape index (κ3) is 2.04. The maximum Gasteiger partial charge on any atom is 0.0747 e. The molecule has 1 aliphatic carbocycles. The Morgan fingerprint density at radius 2 is 2.25 bits per heavy atom. The molecule has 1 aromatic heterocycles. The van der Waals surface area contributed by atoms with E-state index in [1.807, 2.05) is 24.4 Å². The zero-order valence-electron chi connectivity index (χ0n) is 8.91. The fourth-order valence-corrected chi connectivity index (χ4v) is 2.15. The molecule has 1 heterocycles. The molecule has 0 amide bonds. The fourth-order valence-electron chi connectivity index (χ4n) is 1.90. The van der Waals surface area contributed by atoms with Crippen molar-refractivity contribution in [3.8, 4) is 0 Å². The van der Waals surface area contributed by atoms with Crippen molar-refractivity contribution in [1.29, 1.82) is 0 Å². The molecule has 1 aliphatic rings. The van der Waals surface area contributed by atoms with E-state index in [4.69, 9.17) is 11.6 Å². The molecule has 82 valence electrons. The predicted molar refractivity (Wildman–Crippen MR) is 66.6 cm³/mol. The summed E-state index contributed by atoms with van der Waals surface area (Å²) in [6.45, 7) is 0.860. The van der Waals surface area contributed by atoms with Crippen LogP contribution in [0.1, 0.15) is 18.4 Å². The summed E-state index contributed by atoms with van der Waals surface area (Å²) in [6, 6.07) is 8.67. The summed E-state index contributed by atoms with van der Waals surface area (Å²) in [5, 5.41) is 5.39. The van der Waals surface area contributed by atoms with Crippen LogP contribution in [0.15, 0.2) is 30.5 Å². The normalized spacial score (nSPS) is 15.6. The highest BCUT2D eigenvalue weighted by atomic mass is 35.5. The molecule has 2 nitrogen and oxygen atoms in total.